The zero-order valence-electron chi connectivity index (χ0n) is 5.34. The summed E-state index contributed by atoms with van der Waals surface area (Å²) >= 11 is 7.57. The first-order valence-electron chi connectivity index (χ1n) is 3.20. The molecule has 0 saturated carbocycles. The summed E-state index contributed by atoms with van der Waals surface area (Å²) in [4.78, 5) is 1.25. The van der Waals surface area contributed by atoms with Crippen LogP contribution in [0.5, 0.6) is 0 Å². The lowest BCUT2D eigenvalue weighted by Gasteiger charge is -1.90. The Labute approximate surface area is 68.6 Å². The molecule has 0 radical (unpaired) electrons. The molecule has 0 N–H and O–H groups in total. The molecule has 3 heteroatoms. The monoisotopic (exact) mass is 174 g/mol. The van der Waals surface area contributed by atoms with Crippen LogP contribution in [0.2, 0.25) is 5.02 Å². The Morgan fingerprint density at radius 2 is 2.60 bits per heavy atom. The van der Waals surface area contributed by atoms with Crippen LogP contribution in [0.25, 0.3) is 0 Å². The zero-order chi connectivity index (χ0) is 6.97. The minimum Gasteiger partial charge on any atom is -0.373 e. The fourth-order valence-electron chi connectivity index (χ4n) is 0.863. The fraction of sp³-hybridized carbons (Fsp3) is 0.429. The normalized spacial score (nSPS) is 23.1. The maximum absolute atomic E-state index is 5.87. The van der Waals surface area contributed by atoms with Gasteiger partial charge in [-0.3, -0.25) is 0 Å². The first-order valence-corrected chi connectivity index (χ1v) is 4.45. The van der Waals surface area contributed by atoms with E-state index < -0.39 is 0 Å². The number of thiophene rings is 1. The molecule has 0 aromatic carbocycles. The van der Waals surface area contributed by atoms with Gasteiger partial charge in [0.2, 0.25) is 0 Å². The van der Waals surface area contributed by atoms with Crippen LogP contribution < -0.4 is 0 Å². The lowest BCUT2D eigenvalue weighted by Crippen LogP contribution is -1.88. The van der Waals surface area contributed by atoms with E-state index in [4.69, 9.17) is 16.3 Å². The van der Waals surface area contributed by atoms with Crippen molar-refractivity contribution in [2.24, 2.45) is 0 Å². The first kappa shape index (κ1) is 6.65. The third-order valence-electron chi connectivity index (χ3n) is 1.51. The molecular weight excluding hydrogens is 168 g/mol. The molecule has 54 valence electrons. The molecule has 0 aliphatic carbocycles. The molecule has 1 nitrogen and oxygen atoms in total. The maximum Gasteiger partial charge on any atom is 0.0858 e. The summed E-state index contributed by atoms with van der Waals surface area (Å²) in [7, 11) is 0. The van der Waals surface area contributed by atoms with Crippen LogP contribution in [0.15, 0.2) is 11.4 Å². The number of epoxide rings is 1. The molecule has 1 aliphatic heterocycles. The van der Waals surface area contributed by atoms with E-state index in [1.54, 1.807) is 11.3 Å². The van der Waals surface area contributed by atoms with Crippen LogP contribution in [0.3, 0.4) is 0 Å². The second-order valence-electron chi connectivity index (χ2n) is 2.35. The molecule has 10 heavy (non-hydrogen) atoms. The fourth-order valence-corrected chi connectivity index (χ4v) is 2.04. The lowest BCUT2D eigenvalue weighted by atomic mass is 10.3. The molecule has 0 amide bonds. The van der Waals surface area contributed by atoms with Crippen molar-refractivity contribution in [3.05, 3.63) is 21.3 Å². The highest BCUT2D eigenvalue weighted by Crippen LogP contribution is 2.26. The number of rotatable bonds is 2. The number of hydrogen-bond donors (Lipinski definition) is 0. The molecule has 1 atom stereocenters. The molecular formula is C7H7ClOS. The van der Waals surface area contributed by atoms with Gasteiger partial charge in [-0.15, -0.1) is 11.3 Å². The summed E-state index contributed by atoms with van der Waals surface area (Å²) in [6, 6.07) is 1.93. The largest absolute Gasteiger partial charge is 0.373 e. The third-order valence-corrected chi connectivity index (χ3v) is 2.92. The van der Waals surface area contributed by atoms with Crippen molar-refractivity contribution in [2.45, 2.75) is 12.5 Å². The topological polar surface area (TPSA) is 12.5 Å². The Balaban J connectivity index is 2.08. The van der Waals surface area contributed by atoms with E-state index in [0.717, 1.165) is 18.1 Å². The molecule has 1 aliphatic rings. The van der Waals surface area contributed by atoms with Crippen LogP contribution >= 0.6 is 22.9 Å². The van der Waals surface area contributed by atoms with Gasteiger partial charge in [0.15, 0.2) is 0 Å². The third kappa shape index (κ3) is 1.34. The smallest absolute Gasteiger partial charge is 0.0858 e. The van der Waals surface area contributed by atoms with Crippen molar-refractivity contribution < 1.29 is 4.74 Å². The average Bonchev–Trinajstić information content (AvgIpc) is 2.62. The highest BCUT2D eigenvalue weighted by atomic mass is 35.5. The van der Waals surface area contributed by atoms with Crippen molar-refractivity contribution >= 4 is 22.9 Å². The van der Waals surface area contributed by atoms with Crippen LogP contribution in [0.1, 0.15) is 4.88 Å². The molecule has 1 fully saturated rings. The zero-order valence-corrected chi connectivity index (χ0v) is 6.91. The molecule has 1 unspecified atom stereocenters. The Morgan fingerprint density at radius 3 is 3.10 bits per heavy atom. The molecule has 1 aromatic heterocycles. The maximum atomic E-state index is 5.87. The van der Waals surface area contributed by atoms with E-state index in [9.17, 15) is 0 Å². The van der Waals surface area contributed by atoms with E-state index in [1.165, 1.54) is 4.88 Å². The van der Waals surface area contributed by atoms with E-state index in [-0.39, 0.29) is 0 Å². The van der Waals surface area contributed by atoms with Gasteiger partial charge in [-0.05, 0) is 11.4 Å². The van der Waals surface area contributed by atoms with E-state index in [2.05, 4.69) is 0 Å². The standard InChI is InChI=1S/C7H7ClOS/c8-6-1-2-10-7(6)3-5-4-9-5/h1-2,5H,3-4H2. The van der Waals surface area contributed by atoms with Gasteiger partial charge in [0.1, 0.15) is 0 Å². The summed E-state index contributed by atoms with van der Waals surface area (Å²) < 4.78 is 5.08. The predicted molar refractivity (Wildman–Crippen MR) is 42.8 cm³/mol. The summed E-state index contributed by atoms with van der Waals surface area (Å²) in [5, 5.41) is 2.90. The minimum absolute atomic E-state index is 0.455. The van der Waals surface area contributed by atoms with Crippen LogP contribution in [0, 0.1) is 0 Å². The molecule has 2 heterocycles. The number of hydrogen-bond acceptors (Lipinski definition) is 2. The van der Waals surface area contributed by atoms with E-state index >= 15 is 0 Å². The van der Waals surface area contributed by atoms with Crippen molar-refractivity contribution in [1.82, 2.24) is 0 Å². The highest BCUT2D eigenvalue weighted by Gasteiger charge is 2.23. The van der Waals surface area contributed by atoms with Gasteiger partial charge in [-0.2, -0.15) is 0 Å². The summed E-state index contributed by atoms with van der Waals surface area (Å²) in [5.74, 6) is 0. The molecule has 0 bridgehead atoms. The minimum atomic E-state index is 0.455. The SMILES string of the molecule is Clc1ccsc1CC1CO1. The van der Waals surface area contributed by atoms with Crippen molar-refractivity contribution in [2.75, 3.05) is 6.61 Å². The van der Waals surface area contributed by atoms with Gasteiger partial charge in [0.25, 0.3) is 0 Å². The Hall–Kier alpha value is -0.0500. The van der Waals surface area contributed by atoms with Crippen molar-refractivity contribution in [3.63, 3.8) is 0 Å². The van der Waals surface area contributed by atoms with Crippen LogP contribution in [-0.4, -0.2) is 12.7 Å². The molecule has 0 spiro atoms. The predicted octanol–water partition coefficient (Wildman–Crippen LogP) is 2.34. The second-order valence-corrected chi connectivity index (χ2v) is 3.76. The quantitative estimate of drug-likeness (QED) is 0.628. The van der Waals surface area contributed by atoms with Crippen LogP contribution in [-0.2, 0) is 11.2 Å². The van der Waals surface area contributed by atoms with Gasteiger partial charge >= 0.3 is 0 Å². The van der Waals surface area contributed by atoms with Gasteiger partial charge in [0.05, 0.1) is 17.7 Å². The van der Waals surface area contributed by atoms with Gasteiger partial charge in [-0.25, -0.2) is 0 Å². The van der Waals surface area contributed by atoms with Crippen molar-refractivity contribution in [1.29, 1.82) is 0 Å². The Morgan fingerprint density at radius 1 is 1.80 bits per heavy atom. The van der Waals surface area contributed by atoms with Gasteiger partial charge in [-0.1, -0.05) is 11.6 Å². The second kappa shape index (κ2) is 2.53. The molecule has 2 rings (SSSR count). The van der Waals surface area contributed by atoms with Gasteiger partial charge in [0, 0.05) is 11.3 Å². The molecule has 1 aromatic rings. The Kier molecular flexibility index (Phi) is 1.68. The average molecular weight is 175 g/mol. The highest BCUT2D eigenvalue weighted by molar-refractivity contribution is 7.10. The van der Waals surface area contributed by atoms with Crippen molar-refractivity contribution in [3.8, 4) is 0 Å². The Bertz CT molecular complexity index is 229. The van der Waals surface area contributed by atoms with Gasteiger partial charge < -0.3 is 4.74 Å². The van der Waals surface area contributed by atoms with E-state index in [0.29, 0.717) is 6.10 Å². The number of halogens is 1. The van der Waals surface area contributed by atoms with Crippen LogP contribution in [0.4, 0.5) is 0 Å². The molecule has 1 saturated heterocycles. The summed E-state index contributed by atoms with van der Waals surface area (Å²) in [5.41, 5.74) is 0. The number of ether oxygens (including phenoxy) is 1. The first-order chi connectivity index (χ1) is 4.86. The summed E-state index contributed by atoms with van der Waals surface area (Å²) in [6.07, 6.45) is 1.45. The summed E-state index contributed by atoms with van der Waals surface area (Å²) in [6.45, 7) is 0.911. The van der Waals surface area contributed by atoms with E-state index in [1.807, 2.05) is 11.4 Å². The lowest BCUT2D eigenvalue weighted by molar-refractivity contribution is 0.408.